The summed E-state index contributed by atoms with van der Waals surface area (Å²) in [5.74, 6) is -1.07. The molecule has 0 spiro atoms. The molecule has 1 aromatic carbocycles. The first kappa shape index (κ1) is 21.5. The third kappa shape index (κ3) is 5.34. The zero-order valence-corrected chi connectivity index (χ0v) is 16.4. The van der Waals surface area contributed by atoms with Gasteiger partial charge in [-0.25, -0.2) is 4.79 Å². The number of rotatable bonds is 8. The van der Waals surface area contributed by atoms with Gasteiger partial charge in [0.1, 0.15) is 5.56 Å². The van der Waals surface area contributed by atoms with E-state index in [2.05, 4.69) is 5.32 Å². The molecule has 0 bridgehead atoms. The van der Waals surface area contributed by atoms with Crippen molar-refractivity contribution in [1.82, 2.24) is 5.32 Å². The molecule has 2 rings (SSSR count). The molecule has 1 aliphatic rings. The number of esters is 1. The van der Waals surface area contributed by atoms with Crippen molar-refractivity contribution in [3.8, 4) is 11.5 Å². The van der Waals surface area contributed by atoms with E-state index in [1.165, 1.54) is 20.1 Å². The van der Waals surface area contributed by atoms with Crippen molar-refractivity contribution in [1.29, 1.82) is 0 Å². The third-order valence-corrected chi connectivity index (χ3v) is 4.60. The number of nitrogens with one attached hydrogen (secondary N) is 1. The van der Waals surface area contributed by atoms with Gasteiger partial charge < -0.3 is 19.5 Å². The van der Waals surface area contributed by atoms with Gasteiger partial charge in [-0.3, -0.25) is 14.9 Å². The number of ether oxygens (including phenoxy) is 3. The maximum atomic E-state index is 12.5. The number of nitro benzene ring substituents is 1. The van der Waals surface area contributed by atoms with E-state index in [0.29, 0.717) is 0 Å². The van der Waals surface area contributed by atoms with Crippen LogP contribution in [0.5, 0.6) is 11.5 Å². The van der Waals surface area contributed by atoms with Gasteiger partial charge in [-0.15, -0.1) is 0 Å². The van der Waals surface area contributed by atoms with Gasteiger partial charge in [0.2, 0.25) is 0 Å². The number of hydrogen-bond donors (Lipinski definition) is 1. The SMILES string of the molecule is CCOc1cc([N+](=O)[O-])c(C(=O)O[C@@H](C)C(=O)NC2CCCCC2)cc1OC. The number of nitro groups is 1. The van der Waals surface area contributed by atoms with Gasteiger partial charge in [-0.05, 0) is 26.7 Å². The van der Waals surface area contributed by atoms with Crippen LogP contribution in [0.3, 0.4) is 0 Å². The van der Waals surface area contributed by atoms with E-state index in [1.54, 1.807) is 6.92 Å². The summed E-state index contributed by atoms with van der Waals surface area (Å²) < 4.78 is 15.6. The molecule has 28 heavy (non-hydrogen) atoms. The minimum Gasteiger partial charge on any atom is -0.493 e. The average Bonchev–Trinajstić information content (AvgIpc) is 2.68. The Morgan fingerprint density at radius 3 is 2.50 bits per heavy atom. The number of amides is 1. The molecule has 1 saturated carbocycles. The van der Waals surface area contributed by atoms with Crippen LogP contribution in [-0.4, -0.2) is 42.7 Å². The summed E-state index contributed by atoms with van der Waals surface area (Å²) in [6, 6.07) is 2.38. The van der Waals surface area contributed by atoms with Gasteiger partial charge in [0.25, 0.3) is 11.6 Å². The van der Waals surface area contributed by atoms with E-state index in [1.807, 2.05) is 0 Å². The Morgan fingerprint density at radius 2 is 1.93 bits per heavy atom. The second kappa shape index (κ2) is 9.91. The van der Waals surface area contributed by atoms with E-state index in [9.17, 15) is 19.7 Å². The molecule has 1 atom stereocenters. The van der Waals surface area contributed by atoms with Crippen LogP contribution in [0.4, 0.5) is 5.69 Å². The maximum Gasteiger partial charge on any atom is 0.346 e. The fourth-order valence-electron chi connectivity index (χ4n) is 3.13. The molecule has 0 heterocycles. The van der Waals surface area contributed by atoms with Gasteiger partial charge in [0, 0.05) is 12.1 Å². The van der Waals surface area contributed by atoms with E-state index < -0.39 is 28.6 Å². The highest BCUT2D eigenvalue weighted by atomic mass is 16.6. The first-order valence-corrected chi connectivity index (χ1v) is 9.38. The van der Waals surface area contributed by atoms with Crippen LogP contribution in [0.1, 0.15) is 56.3 Å². The Labute approximate surface area is 163 Å². The maximum absolute atomic E-state index is 12.5. The lowest BCUT2D eigenvalue weighted by molar-refractivity contribution is -0.385. The molecule has 1 aliphatic carbocycles. The van der Waals surface area contributed by atoms with E-state index in [4.69, 9.17) is 14.2 Å². The largest absolute Gasteiger partial charge is 0.493 e. The van der Waals surface area contributed by atoms with Crippen molar-refractivity contribution in [2.75, 3.05) is 13.7 Å². The molecule has 1 aromatic rings. The van der Waals surface area contributed by atoms with Crippen molar-refractivity contribution >= 4 is 17.6 Å². The topological polar surface area (TPSA) is 117 Å². The normalized spacial score (nSPS) is 15.4. The highest BCUT2D eigenvalue weighted by Gasteiger charge is 2.29. The number of nitrogens with zero attached hydrogens (tertiary/aromatic N) is 1. The van der Waals surface area contributed by atoms with Gasteiger partial charge in [0.05, 0.1) is 24.7 Å². The summed E-state index contributed by atoms with van der Waals surface area (Å²) in [6.07, 6.45) is 3.98. The molecule has 0 radical (unpaired) electrons. The highest BCUT2D eigenvalue weighted by Crippen LogP contribution is 2.35. The van der Waals surface area contributed by atoms with Crippen molar-refractivity contribution < 1.29 is 28.7 Å². The zero-order chi connectivity index (χ0) is 20.7. The molecule has 9 nitrogen and oxygen atoms in total. The molecule has 0 aliphatic heterocycles. The van der Waals surface area contributed by atoms with E-state index in [0.717, 1.165) is 38.2 Å². The second-order valence-corrected chi connectivity index (χ2v) is 6.60. The Balaban J connectivity index is 2.15. The lowest BCUT2D eigenvalue weighted by atomic mass is 9.95. The minimum atomic E-state index is -1.08. The number of hydrogen-bond acceptors (Lipinski definition) is 7. The quantitative estimate of drug-likeness (QED) is 0.409. The van der Waals surface area contributed by atoms with Gasteiger partial charge in [-0.2, -0.15) is 0 Å². The Morgan fingerprint density at radius 1 is 1.25 bits per heavy atom. The van der Waals surface area contributed by atoms with Gasteiger partial charge in [0.15, 0.2) is 17.6 Å². The predicted octanol–water partition coefficient (Wildman–Crippen LogP) is 3.00. The van der Waals surface area contributed by atoms with Gasteiger partial charge in [-0.1, -0.05) is 19.3 Å². The summed E-state index contributed by atoms with van der Waals surface area (Å²) in [5.41, 5.74) is -0.781. The van der Waals surface area contributed by atoms with Crippen LogP contribution in [0.15, 0.2) is 12.1 Å². The predicted molar refractivity (Wildman–Crippen MR) is 101 cm³/mol. The summed E-state index contributed by atoms with van der Waals surface area (Å²) >= 11 is 0. The molecule has 1 fully saturated rings. The fraction of sp³-hybridized carbons (Fsp3) is 0.579. The minimum absolute atomic E-state index is 0.0716. The molecular formula is C19H26N2O7. The standard InChI is InChI=1S/C19H26N2O7/c1-4-27-17-11-15(21(24)25)14(10-16(17)26-3)19(23)28-12(2)18(22)20-13-8-6-5-7-9-13/h10-13H,4-9H2,1-3H3,(H,20,22)/t12-/m0/s1. The number of methoxy groups -OCH3 is 1. The Kier molecular flexibility index (Phi) is 7.60. The molecule has 9 heteroatoms. The van der Waals surface area contributed by atoms with Crippen molar-refractivity contribution in [2.24, 2.45) is 0 Å². The van der Waals surface area contributed by atoms with Crippen LogP contribution < -0.4 is 14.8 Å². The Hall–Kier alpha value is -2.84. The monoisotopic (exact) mass is 394 g/mol. The van der Waals surface area contributed by atoms with E-state index >= 15 is 0 Å². The van der Waals surface area contributed by atoms with Crippen molar-refractivity contribution in [3.05, 3.63) is 27.8 Å². The molecule has 0 aromatic heterocycles. The lowest BCUT2D eigenvalue weighted by Crippen LogP contribution is -2.42. The van der Waals surface area contributed by atoms with Crippen LogP contribution in [-0.2, 0) is 9.53 Å². The highest BCUT2D eigenvalue weighted by molar-refractivity contribution is 5.96. The molecule has 0 unspecified atom stereocenters. The first-order valence-electron chi connectivity index (χ1n) is 9.38. The summed E-state index contributed by atoms with van der Waals surface area (Å²) in [5, 5.41) is 14.3. The number of carbonyl (C=O) groups is 2. The van der Waals surface area contributed by atoms with Crippen LogP contribution in [0.2, 0.25) is 0 Å². The molecule has 1 amide bonds. The summed E-state index contributed by atoms with van der Waals surface area (Å²) in [4.78, 5) is 35.5. The number of carbonyl (C=O) groups excluding carboxylic acids is 2. The molecule has 1 N–H and O–H groups in total. The second-order valence-electron chi connectivity index (χ2n) is 6.60. The summed E-state index contributed by atoms with van der Waals surface area (Å²) in [7, 11) is 1.36. The molecular weight excluding hydrogens is 368 g/mol. The van der Waals surface area contributed by atoms with Crippen molar-refractivity contribution in [3.63, 3.8) is 0 Å². The number of benzene rings is 1. The third-order valence-electron chi connectivity index (χ3n) is 4.60. The van der Waals surface area contributed by atoms with Crippen LogP contribution in [0, 0.1) is 10.1 Å². The fourth-order valence-corrected chi connectivity index (χ4v) is 3.13. The average molecular weight is 394 g/mol. The molecule has 0 saturated heterocycles. The Bertz CT molecular complexity index is 729. The smallest absolute Gasteiger partial charge is 0.346 e. The summed E-state index contributed by atoms with van der Waals surface area (Å²) in [6.45, 7) is 3.43. The van der Waals surface area contributed by atoms with Crippen LogP contribution in [0.25, 0.3) is 0 Å². The van der Waals surface area contributed by atoms with Gasteiger partial charge >= 0.3 is 5.97 Å². The lowest BCUT2D eigenvalue weighted by Gasteiger charge is -2.24. The first-order chi connectivity index (χ1) is 13.4. The van der Waals surface area contributed by atoms with Crippen LogP contribution >= 0.6 is 0 Å². The van der Waals surface area contributed by atoms with E-state index in [-0.39, 0.29) is 29.7 Å². The van der Waals surface area contributed by atoms with Crippen molar-refractivity contribution in [2.45, 2.75) is 58.1 Å². The zero-order valence-electron chi connectivity index (χ0n) is 16.4. The molecule has 154 valence electrons.